The highest BCUT2D eigenvalue weighted by molar-refractivity contribution is 7.98. The molecule has 0 saturated carbocycles. The van der Waals surface area contributed by atoms with Crippen LogP contribution in [-0.4, -0.2) is 39.0 Å². The fourth-order valence-corrected chi connectivity index (χ4v) is 2.25. The lowest BCUT2D eigenvalue weighted by Crippen LogP contribution is -2.25. The van der Waals surface area contributed by atoms with E-state index in [-0.39, 0.29) is 24.9 Å². The molecule has 0 fully saturated rings. The number of thioether (sulfide) groups is 1. The van der Waals surface area contributed by atoms with Gasteiger partial charge < -0.3 is 20.1 Å². The van der Waals surface area contributed by atoms with E-state index >= 15 is 0 Å². The van der Waals surface area contributed by atoms with Crippen LogP contribution in [0.5, 0.6) is 11.5 Å². The normalized spacial score (nSPS) is 12.5. The second-order valence-corrected chi connectivity index (χ2v) is 4.62. The summed E-state index contributed by atoms with van der Waals surface area (Å²) in [6.45, 7) is 1.38. The third kappa shape index (κ3) is 3.92. The third-order valence-corrected chi connectivity index (χ3v) is 3.25. The van der Waals surface area contributed by atoms with Crippen LogP contribution >= 0.6 is 24.2 Å². The zero-order valence-electron chi connectivity index (χ0n) is 10.8. The molecule has 1 aliphatic rings. The van der Waals surface area contributed by atoms with Gasteiger partial charge in [0.15, 0.2) is 11.5 Å². The largest absolute Gasteiger partial charge is 0.486 e. The summed E-state index contributed by atoms with van der Waals surface area (Å²) in [6, 6.07) is 3.71. The van der Waals surface area contributed by atoms with Crippen LogP contribution in [0.2, 0.25) is 0 Å². The highest BCUT2D eigenvalue weighted by Gasteiger charge is 2.16. The smallest absolute Gasteiger partial charge is 0.238 e. The Morgan fingerprint density at radius 1 is 1.32 bits per heavy atom. The molecule has 1 aromatic carbocycles. The van der Waals surface area contributed by atoms with Gasteiger partial charge in [0, 0.05) is 11.0 Å². The number of rotatable bonds is 4. The number of likely N-dealkylation sites (N-methyl/N-ethyl adjacent to an activating group) is 1. The van der Waals surface area contributed by atoms with Gasteiger partial charge in [0.25, 0.3) is 0 Å². The maximum Gasteiger partial charge on any atom is 0.238 e. The summed E-state index contributed by atoms with van der Waals surface area (Å²) in [4.78, 5) is 12.6. The molecular formula is C12H17ClN2O3S. The Balaban J connectivity index is 0.00000180. The Kier molecular flexibility index (Phi) is 6.27. The SMILES string of the molecule is CNCC(=O)Nc1cc2c(cc1SC)OCCO2.Cl. The predicted octanol–water partition coefficient (Wildman–Crippen LogP) is 1.76. The molecule has 0 radical (unpaired) electrons. The summed E-state index contributed by atoms with van der Waals surface area (Å²) in [7, 11) is 1.73. The maximum absolute atomic E-state index is 11.6. The van der Waals surface area contributed by atoms with Gasteiger partial charge in [-0.1, -0.05) is 0 Å². The van der Waals surface area contributed by atoms with E-state index in [0.29, 0.717) is 19.0 Å². The third-order valence-electron chi connectivity index (χ3n) is 2.48. The van der Waals surface area contributed by atoms with Gasteiger partial charge in [0.05, 0.1) is 12.2 Å². The molecule has 1 amide bonds. The van der Waals surface area contributed by atoms with E-state index in [2.05, 4.69) is 10.6 Å². The second kappa shape index (κ2) is 7.47. The monoisotopic (exact) mass is 304 g/mol. The summed E-state index contributed by atoms with van der Waals surface area (Å²) in [5.74, 6) is 1.33. The fraction of sp³-hybridized carbons (Fsp3) is 0.417. The van der Waals surface area contributed by atoms with E-state index in [0.717, 1.165) is 16.3 Å². The Morgan fingerprint density at radius 2 is 1.95 bits per heavy atom. The van der Waals surface area contributed by atoms with E-state index < -0.39 is 0 Å². The summed E-state index contributed by atoms with van der Waals surface area (Å²) in [6.07, 6.45) is 1.96. The van der Waals surface area contributed by atoms with Crippen molar-refractivity contribution in [2.45, 2.75) is 4.90 Å². The number of amides is 1. The number of carbonyl (C=O) groups is 1. The quantitative estimate of drug-likeness (QED) is 0.830. The van der Waals surface area contributed by atoms with Crippen molar-refractivity contribution in [3.05, 3.63) is 12.1 Å². The first-order chi connectivity index (χ1) is 8.74. The van der Waals surface area contributed by atoms with Gasteiger partial charge in [-0.3, -0.25) is 4.79 Å². The van der Waals surface area contributed by atoms with Gasteiger partial charge in [0.1, 0.15) is 13.2 Å². The molecule has 19 heavy (non-hydrogen) atoms. The second-order valence-electron chi connectivity index (χ2n) is 3.77. The number of carbonyl (C=O) groups excluding carboxylic acids is 1. The van der Waals surface area contributed by atoms with Crippen molar-refractivity contribution in [2.75, 3.05) is 38.4 Å². The van der Waals surface area contributed by atoms with Crippen molar-refractivity contribution in [1.29, 1.82) is 0 Å². The van der Waals surface area contributed by atoms with Crippen LogP contribution in [0.1, 0.15) is 0 Å². The number of hydrogen-bond donors (Lipinski definition) is 2. The van der Waals surface area contributed by atoms with Crippen LogP contribution in [-0.2, 0) is 4.79 Å². The molecule has 106 valence electrons. The van der Waals surface area contributed by atoms with E-state index in [1.54, 1.807) is 18.8 Å². The molecule has 0 aromatic heterocycles. The molecule has 0 aliphatic carbocycles. The fourth-order valence-electron chi connectivity index (χ4n) is 1.69. The van der Waals surface area contributed by atoms with Crippen molar-refractivity contribution in [3.63, 3.8) is 0 Å². The number of ether oxygens (including phenoxy) is 2. The van der Waals surface area contributed by atoms with Crippen LogP contribution in [0.3, 0.4) is 0 Å². The standard InChI is InChI=1S/C12H16N2O3S.ClH/c1-13-7-12(15)14-8-5-9-10(6-11(8)18-2)17-4-3-16-9;/h5-6,13H,3-4,7H2,1-2H3,(H,14,15);1H. The van der Waals surface area contributed by atoms with E-state index in [9.17, 15) is 4.79 Å². The summed E-state index contributed by atoms with van der Waals surface area (Å²) in [5, 5.41) is 5.67. The first kappa shape index (κ1) is 15.9. The molecule has 0 spiro atoms. The molecule has 2 N–H and O–H groups in total. The summed E-state index contributed by atoms with van der Waals surface area (Å²) < 4.78 is 11.0. The van der Waals surface area contributed by atoms with Crippen molar-refractivity contribution < 1.29 is 14.3 Å². The average molecular weight is 305 g/mol. The minimum absolute atomic E-state index is 0. The number of fused-ring (bicyclic) bond motifs is 1. The average Bonchev–Trinajstić information content (AvgIpc) is 2.38. The zero-order chi connectivity index (χ0) is 13.0. The first-order valence-electron chi connectivity index (χ1n) is 5.66. The summed E-state index contributed by atoms with van der Waals surface area (Å²) in [5.41, 5.74) is 0.756. The number of halogens is 1. The molecule has 7 heteroatoms. The van der Waals surface area contributed by atoms with Gasteiger partial charge in [-0.2, -0.15) is 0 Å². The van der Waals surface area contributed by atoms with Crippen molar-refractivity contribution in [2.24, 2.45) is 0 Å². The van der Waals surface area contributed by atoms with Crippen LogP contribution < -0.4 is 20.1 Å². The first-order valence-corrected chi connectivity index (χ1v) is 6.89. The van der Waals surface area contributed by atoms with E-state index in [4.69, 9.17) is 9.47 Å². The molecule has 1 heterocycles. The minimum atomic E-state index is -0.0792. The highest BCUT2D eigenvalue weighted by Crippen LogP contribution is 2.39. The zero-order valence-corrected chi connectivity index (χ0v) is 12.5. The highest BCUT2D eigenvalue weighted by atomic mass is 35.5. The topological polar surface area (TPSA) is 59.6 Å². The van der Waals surface area contributed by atoms with Crippen molar-refractivity contribution >= 4 is 35.8 Å². The van der Waals surface area contributed by atoms with Gasteiger partial charge in [-0.05, 0) is 19.4 Å². The van der Waals surface area contributed by atoms with Crippen LogP contribution in [0.4, 0.5) is 5.69 Å². The van der Waals surface area contributed by atoms with Gasteiger partial charge >= 0.3 is 0 Å². The summed E-state index contributed by atoms with van der Waals surface area (Å²) >= 11 is 1.56. The molecule has 5 nitrogen and oxygen atoms in total. The van der Waals surface area contributed by atoms with Gasteiger partial charge in [-0.25, -0.2) is 0 Å². The molecule has 0 bridgehead atoms. The maximum atomic E-state index is 11.6. The molecule has 1 aliphatic heterocycles. The lowest BCUT2D eigenvalue weighted by Gasteiger charge is -2.20. The molecular weight excluding hydrogens is 288 g/mol. The van der Waals surface area contributed by atoms with Crippen LogP contribution in [0, 0.1) is 0 Å². The lowest BCUT2D eigenvalue weighted by atomic mass is 10.2. The Hall–Kier alpha value is -1.11. The van der Waals surface area contributed by atoms with Crippen LogP contribution in [0.15, 0.2) is 17.0 Å². The molecule has 0 unspecified atom stereocenters. The number of hydrogen-bond acceptors (Lipinski definition) is 5. The number of nitrogens with one attached hydrogen (secondary N) is 2. The predicted molar refractivity (Wildman–Crippen MR) is 79.0 cm³/mol. The lowest BCUT2D eigenvalue weighted by molar-refractivity contribution is -0.115. The Morgan fingerprint density at radius 3 is 2.53 bits per heavy atom. The number of anilines is 1. The molecule has 0 saturated heterocycles. The van der Waals surface area contributed by atoms with E-state index in [1.807, 2.05) is 18.4 Å². The molecule has 2 rings (SSSR count). The Labute approximate surface area is 122 Å². The van der Waals surface area contributed by atoms with Gasteiger partial charge in [-0.15, -0.1) is 24.2 Å². The van der Waals surface area contributed by atoms with Crippen LogP contribution in [0.25, 0.3) is 0 Å². The van der Waals surface area contributed by atoms with Gasteiger partial charge in [0.2, 0.25) is 5.91 Å². The minimum Gasteiger partial charge on any atom is -0.486 e. The molecule has 1 aromatic rings. The number of benzene rings is 1. The van der Waals surface area contributed by atoms with Crippen molar-refractivity contribution in [3.8, 4) is 11.5 Å². The molecule has 0 atom stereocenters. The van der Waals surface area contributed by atoms with E-state index in [1.165, 1.54) is 0 Å². The van der Waals surface area contributed by atoms with Crippen molar-refractivity contribution in [1.82, 2.24) is 5.32 Å². The Bertz CT molecular complexity index is 457.